The first-order valence-electron chi connectivity index (χ1n) is 8.10. The molecule has 26 heavy (non-hydrogen) atoms. The molecule has 1 aromatic heterocycles. The normalized spacial score (nSPS) is 21.1. The SMILES string of the molecule is O=S(=O)(N1CCOCC1)N1CCC(Nc2c(F)c(F)nc(F)c2F)CC1. The maximum atomic E-state index is 13.7. The molecule has 2 saturated heterocycles. The molecule has 2 fully saturated rings. The number of morpholine rings is 1. The van der Waals surface area contributed by atoms with Crippen molar-refractivity contribution >= 4 is 15.9 Å². The van der Waals surface area contributed by atoms with E-state index in [1.165, 1.54) is 8.61 Å². The summed E-state index contributed by atoms with van der Waals surface area (Å²) in [6.07, 6.45) is 0.460. The van der Waals surface area contributed by atoms with E-state index in [9.17, 15) is 26.0 Å². The molecule has 0 saturated carbocycles. The van der Waals surface area contributed by atoms with Crippen LogP contribution >= 0.6 is 0 Å². The number of nitrogens with zero attached hydrogens (tertiary/aromatic N) is 3. The van der Waals surface area contributed by atoms with E-state index in [1.54, 1.807) is 0 Å². The van der Waals surface area contributed by atoms with E-state index in [0.717, 1.165) is 0 Å². The molecule has 12 heteroatoms. The van der Waals surface area contributed by atoms with Crippen LogP contribution in [0.15, 0.2) is 0 Å². The third kappa shape index (κ3) is 3.77. The van der Waals surface area contributed by atoms with Gasteiger partial charge in [0.15, 0.2) is 0 Å². The van der Waals surface area contributed by atoms with Gasteiger partial charge in [-0.2, -0.15) is 39.6 Å². The van der Waals surface area contributed by atoms with Crippen LogP contribution in [0.1, 0.15) is 12.8 Å². The van der Waals surface area contributed by atoms with Crippen LogP contribution in [0.2, 0.25) is 0 Å². The number of rotatable bonds is 4. The van der Waals surface area contributed by atoms with E-state index in [0.29, 0.717) is 13.2 Å². The van der Waals surface area contributed by atoms with E-state index >= 15 is 0 Å². The van der Waals surface area contributed by atoms with Crippen LogP contribution in [0.3, 0.4) is 0 Å². The Hall–Kier alpha value is -1.50. The summed E-state index contributed by atoms with van der Waals surface area (Å²) >= 11 is 0. The molecular weight excluding hydrogens is 380 g/mol. The number of hydrogen-bond acceptors (Lipinski definition) is 5. The minimum absolute atomic E-state index is 0.122. The summed E-state index contributed by atoms with van der Waals surface area (Å²) in [7, 11) is -3.63. The highest BCUT2D eigenvalue weighted by Crippen LogP contribution is 2.26. The van der Waals surface area contributed by atoms with Crippen LogP contribution < -0.4 is 5.32 Å². The fourth-order valence-electron chi connectivity index (χ4n) is 2.99. The quantitative estimate of drug-likeness (QED) is 0.607. The van der Waals surface area contributed by atoms with Gasteiger partial charge in [0.05, 0.1) is 13.2 Å². The maximum Gasteiger partial charge on any atom is 0.282 e. The van der Waals surface area contributed by atoms with Crippen molar-refractivity contribution in [1.29, 1.82) is 0 Å². The highest BCUT2D eigenvalue weighted by atomic mass is 32.2. The minimum atomic E-state index is -3.63. The van der Waals surface area contributed by atoms with Gasteiger partial charge in [0.1, 0.15) is 5.69 Å². The van der Waals surface area contributed by atoms with Gasteiger partial charge in [-0.3, -0.25) is 0 Å². The molecular formula is C14H18F4N4O3S. The zero-order valence-electron chi connectivity index (χ0n) is 13.7. The summed E-state index contributed by atoms with van der Waals surface area (Å²) in [5.41, 5.74) is -0.926. The average Bonchev–Trinajstić information content (AvgIpc) is 2.65. The van der Waals surface area contributed by atoms with E-state index < -0.39 is 45.5 Å². The lowest BCUT2D eigenvalue weighted by atomic mass is 10.1. The summed E-state index contributed by atoms with van der Waals surface area (Å²) < 4.78 is 86.5. The maximum absolute atomic E-state index is 13.7. The predicted octanol–water partition coefficient (Wildman–Crippen LogP) is 1.09. The molecule has 146 valence electrons. The first-order valence-corrected chi connectivity index (χ1v) is 9.50. The average molecular weight is 398 g/mol. The summed E-state index contributed by atoms with van der Waals surface area (Å²) in [4.78, 5) is 2.50. The van der Waals surface area contributed by atoms with Crippen LogP contribution in [0.25, 0.3) is 0 Å². The lowest BCUT2D eigenvalue weighted by molar-refractivity contribution is 0.0696. The number of piperidine rings is 1. The van der Waals surface area contributed by atoms with Gasteiger partial charge < -0.3 is 10.1 Å². The molecule has 0 atom stereocenters. The van der Waals surface area contributed by atoms with E-state index in [4.69, 9.17) is 4.74 Å². The topological polar surface area (TPSA) is 74.8 Å². The monoisotopic (exact) mass is 398 g/mol. The Balaban J connectivity index is 1.64. The van der Waals surface area contributed by atoms with Crippen molar-refractivity contribution in [3.8, 4) is 0 Å². The molecule has 0 radical (unpaired) electrons. The molecule has 0 unspecified atom stereocenters. The molecule has 0 amide bonds. The number of pyridine rings is 1. The number of nitrogens with one attached hydrogen (secondary N) is 1. The Morgan fingerprint density at radius 1 is 0.923 bits per heavy atom. The van der Waals surface area contributed by atoms with Crippen LogP contribution in [0, 0.1) is 23.5 Å². The first-order chi connectivity index (χ1) is 12.3. The first kappa shape index (κ1) is 19.3. The fraction of sp³-hybridized carbons (Fsp3) is 0.643. The molecule has 3 rings (SSSR count). The van der Waals surface area contributed by atoms with Gasteiger partial charge in [-0.15, -0.1) is 0 Å². The van der Waals surface area contributed by atoms with Crippen LogP contribution in [-0.2, 0) is 14.9 Å². The van der Waals surface area contributed by atoms with Gasteiger partial charge in [0, 0.05) is 32.2 Å². The molecule has 2 aliphatic heterocycles. The van der Waals surface area contributed by atoms with E-state index in [2.05, 4.69) is 10.3 Å². The fourth-order valence-corrected chi connectivity index (χ4v) is 4.60. The molecule has 1 N–H and O–H groups in total. The lowest BCUT2D eigenvalue weighted by Gasteiger charge is -2.36. The van der Waals surface area contributed by atoms with Crippen molar-refractivity contribution in [2.24, 2.45) is 0 Å². The van der Waals surface area contributed by atoms with Gasteiger partial charge in [0.25, 0.3) is 22.1 Å². The van der Waals surface area contributed by atoms with Crippen molar-refractivity contribution < 1.29 is 30.7 Å². The third-order valence-corrected chi connectivity index (χ3v) is 6.46. The number of hydrogen-bond donors (Lipinski definition) is 1. The summed E-state index contributed by atoms with van der Waals surface area (Å²) in [5.74, 6) is -6.68. The van der Waals surface area contributed by atoms with Crippen molar-refractivity contribution in [2.75, 3.05) is 44.7 Å². The Labute approximate surface area is 148 Å². The van der Waals surface area contributed by atoms with Crippen molar-refractivity contribution in [3.05, 3.63) is 23.5 Å². The number of anilines is 1. The lowest BCUT2D eigenvalue weighted by Crippen LogP contribution is -2.51. The molecule has 0 aliphatic carbocycles. The van der Waals surface area contributed by atoms with Crippen LogP contribution in [-0.4, -0.2) is 67.4 Å². The third-order valence-electron chi connectivity index (χ3n) is 4.42. The van der Waals surface area contributed by atoms with Crippen molar-refractivity contribution in [1.82, 2.24) is 13.6 Å². The Morgan fingerprint density at radius 2 is 1.42 bits per heavy atom. The van der Waals surface area contributed by atoms with Crippen LogP contribution in [0.5, 0.6) is 0 Å². The highest BCUT2D eigenvalue weighted by Gasteiger charge is 2.34. The van der Waals surface area contributed by atoms with Crippen LogP contribution in [0.4, 0.5) is 23.2 Å². The van der Waals surface area contributed by atoms with E-state index in [-0.39, 0.29) is 39.0 Å². The largest absolute Gasteiger partial charge is 0.379 e. The zero-order chi connectivity index (χ0) is 18.9. The number of aromatic nitrogens is 1. The summed E-state index contributed by atoms with van der Waals surface area (Å²) in [6, 6.07) is -0.531. The smallest absolute Gasteiger partial charge is 0.282 e. The number of halogens is 4. The second-order valence-electron chi connectivity index (χ2n) is 6.03. The molecule has 1 aromatic rings. The van der Waals surface area contributed by atoms with Gasteiger partial charge in [-0.05, 0) is 12.8 Å². The molecule has 7 nitrogen and oxygen atoms in total. The van der Waals surface area contributed by atoms with Gasteiger partial charge in [-0.1, -0.05) is 0 Å². The Bertz CT molecular complexity index is 740. The molecule has 3 heterocycles. The molecule has 2 aliphatic rings. The molecule has 0 aromatic carbocycles. The van der Waals surface area contributed by atoms with Crippen molar-refractivity contribution in [2.45, 2.75) is 18.9 Å². The highest BCUT2D eigenvalue weighted by molar-refractivity contribution is 7.86. The molecule has 0 spiro atoms. The van der Waals surface area contributed by atoms with Gasteiger partial charge >= 0.3 is 0 Å². The number of ether oxygens (including phenoxy) is 1. The van der Waals surface area contributed by atoms with E-state index in [1.807, 2.05) is 0 Å². The van der Waals surface area contributed by atoms with Crippen molar-refractivity contribution in [3.63, 3.8) is 0 Å². The standard InChI is InChI=1S/C14H18F4N4O3S/c15-10-12(11(16)14(18)20-13(10)17)19-9-1-3-21(4-2-9)26(23,24)22-5-7-25-8-6-22/h9H,1-8H2,(H,19,20). The molecule has 0 bridgehead atoms. The zero-order valence-corrected chi connectivity index (χ0v) is 14.5. The van der Waals surface area contributed by atoms with Gasteiger partial charge in [-0.25, -0.2) is 0 Å². The minimum Gasteiger partial charge on any atom is -0.379 e. The second kappa shape index (κ2) is 7.62. The summed E-state index contributed by atoms with van der Waals surface area (Å²) in [5, 5.41) is 2.43. The van der Waals surface area contributed by atoms with Gasteiger partial charge in [0.2, 0.25) is 11.6 Å². The summed E-state index contributed by atoms with van der Waals surface area (Å²) in [6.45, 7) is 1.44. The predicted molar refractivity (Wildman–Crippen MR) is 83.6 cm³/mol. The Morgan fingerprint density at radius 3 is 1.96 bits per heavy atom. The second-order valence-corrected chi connectivity index (χ2v) is 7.96. The Kier molecular flexibility index (Phi) is 5.65.